The average Bonchev–Trinajstić information content (AvgIpc) is 2.60. The molecule has 2 bridgehead atoms. The lowest BCUT2D eigenvalue weighted by Gasteiger charge is -2.22. The monoisotopic (exact) mass is 167 g/mol. The van der Waals surface area contributed by atoms with Gasteiger partial charge in [-0.1, -0.05) is 12.2 Å². The first kappa shape index (κ1) is 7.80. The molecule has 2 rings (SSSR count). The Morgan fingerprint density at radius 2 is 2.50 bits per heavy atom. The molecular weight excluding hydrogens is 154 g/mol. The van der Waals surface area contributed by atoms with E-state index in [0.717, 1.165) is 6.54 Å². The minimum atomic E-state index is -0.193. The van der Waals surface area contributed by atoms with Gasteiger partial charge in [0, 0.05) is 19.5 Å². The third-order valence-electron chi connectivity index (χ3n) is 2.52. The Hall–Kier alpha value is -0.830. The number of hydrogen-bond donors (Lipinski definition) is 0. The molecule has 0 spiro atoms. The highest BCUT2D eigenvalue weighted by Crippen LogP contribution is 2.30. The molecule has 1 aliphatic heterocycles. The van der Waals surface area contributed by atoms with Gasteiger partial charge in [-0.15, -0.1) is 0 Å². The van der Waals surface area contributed by atoms with E-state index >= 15 is 0 Å². The summed E-state index contributed by atoms with van der Waals surface area (Å²) in [6.45, 7) is 2.96. The minimum absolute atomic E-state index is 0.193. The van der Waals surface area contributed by atoms with Gasteiger partial charge in [0.2, 0.25) is 0 Å². The van der Waals surface area contributed by atoms with Crippen LogP contribution in [-0.2, 0) is 9.53 Å². The second-order valence-corrected chi connectivity index (χ2v) is 3.48. The zero-order chi connectivity index (χ0) is 8.55. The number of fused-ring (bicyclic) bond motifs is 2. The van der Waals surface area contributed by atoms with Gasteiger partial charge in [0.1, 0.15) is 6.73 Å². The molecule has 2 atom stereocenters. The first-order valence-corrected chi connectivity index (χ1v) is 4.31. The van der Waals surface area contributed by atoms with E-state index in [1.807, 2.05) is 0 Å². The van der Waals surface area contributed by atoms with E-state index in [-0.39, 0.29) is 5.97 Å². The highest BCUT2D eigenvalue weighted by Gasteiger charge is 2.33. The second kappa shape index (κ2) is 2.90. The van der Waals surface area contributed by atoms with Gasteiger partial charge < -0.3 is 4.74 Å². The number of ether oxygens (including phenoxy) is 1. The molecule has 3 heteroatoms. The van der Waals surface area contributed by atoms with Gasteiger partial charge in [-0.3, -0.25) is 9.69 Å². The molecule has 0 aromatic heterocycles. The molecule has 12 heavy (non-hydrogen) atoms. The summed E-state index contributed by atoms with van der Waals surface area (Å²) in [5.41, 5.74) is 0. The van der Waals surface area contributed by atoms with Crippen LogP contribution >= 0.6 is 0 Å². The van der Waals surface area contributed by atoms with Crippen molar-refractivity contribution >= 4 is 5.97 Å². The lowest BCUT2D eigenvalue weighted by Crippen LogP contribution is -2.32. The molecule has 0 N–H and O–H groups in total. The van der Waals surface area contributed by atoms with Crippen molar-refractivity contribution in [3.8, 4) is 0 Å². The summed E-state index contributed by atoms with van der Waals surface area (Å²) in [6, 6.07) is 0.523. The summed E-state index contributed by atoms with van der Waals surface area (Å²) >= 11 is 0. The van der Waals surface area contributed by atoms with E-state index in [4.69, 9.17) is 4.74 Å². The number of nitrogens with zero attached hydrogens (tertiary/aromatic N) is 1. The van der Waals surface area contributed by atoms with Gasteiger partial charge >= 0.3 is 5.97 Å². The number of likely N-dealkylation sites (tertiary alicyclic amines) is 1. The molecule has 0 amide bonds. The van der Waals surface area contributed by atoms with Crippen molar-refractivity contribution in [2.75, 3.05) is 13.3 Å². The molecule has 2 aliphatic rings. The molecule has 2 unspecified atom stereocenters. The molecule has 0 aromatic rings. The van der Waals surface area contributed by atoms with Crippen molar-refractivity contribution < 1.29 is 9.53 Å². The van der Waals surface area contributed by atoms with E-state index in [0.29, 0.717) is 18.7 Å². The normalized spacial score (nSPS) is 32.8. The standard InChI is InChI=1S/C9H13NO2/c1-7(11)12-6-10-5-8-2-3-9(10)4-8/h2-3,8-9H,4-6H2,1H3. The van der Waals surface area contributed by atoms with Crippen molar-refractivity contribution in [2.45, 2.75) is 19.4 Å². The minimum Gasteiger partial charge on any atom is -0.450 e. The predicted molar refractivity (Wildman–Crippen MR) is 44.4 cm³/mol. The number of rotatable bonds is 2. The Kier molecular flexibility index (Phi) is 1.89. The Labute approximate surface area is 72.0 Å². The van der Waals surface area contributed by atoms with Crippen LogP contribution in [0.2, 0.25) is 0 Å². The largest absolute Gasteiger partial charge is 0.450 e. The van der Waals surface area contributed by atoms with Crippen LogP contribution in [0.1, 0.15) is 13.3 Å². The number of carbonyl (C=O) groups is 1. The third kappa shape index (κ3) is 1.37. The van der Waals surface area contributed by atoms with Crippen molar-refractivity contribution in [2.24, 2.45) is 5.92 Å². The Bertz CT molecular complexity index is 225. The van der Waals surface area contributed by atoms with E-state index in [2.05, 4.69) is 17.1 Å². The van der Waals surface area contributed by atoms with Crippen LogP contribution in [0.4, 0.5) is 0 Å². The lowest BCUT2D eigenvalue weighted by molar-refractivity contribution is -0.145. The maximum Gasteiger partial charge on any atom is 0.303 e. The summed E-state index contributed by atoms with van der Waals surface area (Å²) in [5.74, 6) is 0.507. The summed E-state index contributed by atoms with van der Waals surface area (Å²) in [6.07, 6.45) is 5.67. The van der Waals surface area contributed by atoms with Crippen LogP contribution in [0.3, 0.4) is 0 Å². The summed E-state index contributed by atoms with van der Waals surface area (Å²) in [7, 11) is 0. The van der Waals surface area contributed by atoms with E-state index in [1.165, 1.54) is 13.3 Å². The summed E-state index contributed by atoms with van der Waals surface area (Å²) < 4.78 is 4.93. The fourth-order valence-corrected chi connectivity index (χ4v) is 1.92. The number of carbonyl (C=O) groups excluding carboxylic acids is 1. The van der Waals surface area contributed by atoms with Gasteiger partial charge in [0.05, 0.1) is 0 Å². The Balaban J connectivity index is 1.83. The molecule has 66 valence electrons. The van der Waals surface area contributed by atoms with Crippen molar-refractivity contribution in [1.82, 2.24) is 4.90 Å². The average molecular weight is 167 g/mol. The molecule has 1 saturated heterocycles. The molecule has 1 heterocycles. The summed E-state index contributed by atoms with van der Waals surface area (Å²) in [4.78, 5) is 12.7. The van der Waals surface area contributed by atoms with Gasteiger partial charge in [-0.2, -0.15) is 0 Å². The number of hydrogen-bond acceptors (Lipinski definition) is 3. The lowest BCUT2D eigenvalue weighted by atomic mass is 10.2. The van der Waals surface area contributed by atoms with Gasteiger partial charge in [-0.05, 0) is 12.3 Å². The molecule has 0 radical (unpaired) electrons. The van der Waals surface area contributed by atoms with Crippen molar-refractivity contribution in [3.05, 3.63) is 12.2 Å². The molecule has 1 fully saturated rings. The van der Waals surface area contributed by atoms with Crippen LogP contribution < -0.4 is 0 Å². The SMILES string of the molecule is CC(=O)OCN1CC2C=CC1C2. The Morgan fingerprint density at radius 1 is 1.67 bits per heavy atom. The molecule has 1 aliphatic carbocycles. The number of esters is 1. The first-order chi connectivity index (χ1) is 5.75. The first-order valence-electron chi connectivity index (χ1n) is 4.31. The highest BCUT2D eigenvalue weighted by molar-refractivity contribution is 5.65. The van der Waals surface area contributed by atoms with Crippen LogP contribution in [0, 0.1) is 5.92 Å². The van der Waals surface area contributed by atoms with Gasteiger partial charge in [-0.25, -0.2) is 0 Å². The quantitative estimate of drug-likeness (QED) is 0.449. The topological polar surface area (TPSA) is 29.5 Å². The van der Waals surface area contributed by atoms with Crippen LogP contribution in [0.25, 0.3) is 0 Å². The fourth-order valence-electron chi connectivity index (χ4n) is 1.92. The Morgan fingerprint density at radius 3 is 3.00 bits per heavy atom. The maximum atomic E-state index is 10.5. The van der Waals surface area contributed by atoms with Crippen LogP contribution in [0.5, 0.6) is 0 Å². The smallest absolute Gasteiger partial charge is 0.303 e. The molecule has 3 nitrogen and oxygen atoms in total. The van der Waals surface area contributed by atoms with E-state index < -0.39 is 0 Å². The predicted octanol–water partition coefficient (Wildman–Crippen LogP) is 0.767. The zero-order valence-electron chi connectivity index (χ0n) is 7.19. The highest BCUT2D eigenvalue weighted by atomic mass is 16.5. The van der Waals surface area contributed by atoms with E-state index in [1.54, 1.807) is 0 Å². The fraction of sp³-hybridized carbons (Fsp3) is 0.667. The second-order valence-electron chi connectivity index (χ2n) is 3.48. The van der Waals surface area contributed by atoms with E-state index in [9.17, 15) is 4.79 Å². The zero-order valence-corrected chi connectivity index (χ0v) is 7.19. The van der Waals surface area contributed by atoms with Gasteiger partial charge in [0.25, 0.3) is 0 Å². The van der Waals surface area contributed by atoms with Crippen molar-refractivity contribution in [1.29, 1.82) is 0 Å². The summed E-state index contributed by atoms with van der Waals surface area (Å²) in [5, 5.41) is 0. The molecule has 0 aromatic carbocycles. The molecular formula is C9H13NO2. The molecule has 0 saturated carbocycles. The third-order valence-corrected chi connectivity index (χ3v) is 2.52. The van der Waals surface area contributed by atoms with Crippen molar-refractivity contribution in [3.63, 3.8) is 0 Å². The van der Waals surface area contributed by atoms with Gasteiger partial charge in [0.15, 0.2) is 0 Å². The van der Waals surface area contributed by atoms with Crippen LogP contribution in [-0.4, -0.2) is 30.2 Å². The van der Waals surface area contributed by atoms with Crippen LogP contribution in [0.15, 0.2) is 12.2 Å². The maximum absolute atomic E-state index is 10.5.